The predicted molar refractivity (Wildman–Crippen MR) is 75.4 cm³/mol. The summed E-state index contributed by atoms with van der Waals surface area (Å²) in [6, 6.07) is 6.17. The fraction of sp³-hybridized carbons (Fsp3) is 0.625. The highest BCUT2D eigenvalue weighted by Crippen LogP contribution is 2.50. The molecule has 24 heavy (non-hydrogen) atoms. The van der Waals surface area contributed by atoms with Crippen LogP contribution in [0.2, 0.25) is 0 Å². The van der Waals surface area contributed by atoms with Crippen molar-refractivity contribution in [2.45, 2.75) is 56.7 Å². The molecule has 0 N–H and O–H groups in total. The minimum atomic E-state index is -6.34. The van der Waals surface area contributed by atoms with Gasteiger partial charge in [-0.1, -0.05) is 37.6 Å². The van der Waals surface area contributed by atoms with Crippen molar-refractivity contribution in [3.05, 3.63) is 35.4 Å². The molecule has 0 spiro atoms. The molecule has 0 bridgehead atoms. The molecule has 1 aromatic carbocycles. The largest absolute Gasteiger partial charge is 0.459 e. The smallest absolute Gasteiger partial charge is 0.377 e. The number of methoxy groups -OCH3 is 1. The van der Waals surface area contributed by atoms with E-state index in [1.807, 2.05) is 6.92 Å². The summed E-state index contributed by atoms with van der Waals surface area (Å²) < 4.78 is 95.1. The highest BCUT2D eigenvalue weighted by molar-refractivity contribution is 5.30. The van der Waals surface area contributed by atoms with E-state index in [-0.39, 0.29) is 5.56 Å². The van der Waals surface area contributed by atoms with Crippen molar-refractivity contribution in [3.63, 3.8) is 0 Å². The summed E-state index contributed by atoms with van der Waals surface area (Å²) in [5.41, 5.74) is 0.795. The summed E-state index contributed by atoms with van der Waals surface area (Å²) in [5, 5.41) is 0. The normalized spacial score (nSPS) is 14.7. The zero-order valence-corrected chi connectivity index (χ0v) is 13.3. The molecule has 0 aliphatic carbocycles. The molecule has 1 nitrogen and oxygen atoms in total. The number of unbranched alkanes of at least 4 members (excludes halogenated alkanes) is 1. The van der Waals surface area contributed by atoms with Crippen LogP contribution in [0.25, 0.3) is 0 Å². The average Bonchev–Trinajstić information content (AvgIpc) is 2.49. The van der Waals surface area contributed by atoms with Crippen molar-refractivity contribution in [3.8, 4) is 0 Å². The zero-order valence-electron chi connectivity index (χ0n) is 13.3. The maximum atomic E-state index is 13.7. The van der Waals surface area contributed by atoms with Crippen molar-refractivity contribution < 1.29 is 35.5 Å². The van der Waals surface area contributed by atoms with Gasteiger partial charge in [0, 0.05) is 13.5 Å². The van der Waals surface area contributed by atoms with Crippen LogP contribution >= 0.6 is 0 Å². The van der Waals surface area contributed by atoms with Crippen molar-refractivity contribution >= 4 is 0 Å². The van der Waals surface area contributed by atoms with E-state index in [1.54, 1.807) is 12.1 Å². The second kappa shape index (κ2) is 7.72. The Morgan fingerprint density at radius 1 is 1.00 bits per heavy atom. The molecule has 0 aliphatic heterocycles. The molecule has 0 heterocycles. The van der Waals surface area contributed by atoms with E-state index in [2.05, 4.69) is 0 Å². The van der Waals surface area contributed by atoms with E-state index < -0.39 is 30.5 Å². The van der Waals surface area contributed by atoms with Gasteiger partial charge in [-0.25, -0.2) is 0 Å². The van der Waals surface area contributed by atoms with Crippen molar-refractivity contribution in [1.82, 2.24) is 0 Å². The third kappa shape index (κ3) is 4.40. The van der Waals surface area contributed by atoms with Crippen LogP contribution in [0.3, 0.4) is 0 Å². The lowest BCUT2D eigenvalue weighted by atomic mass is 9.93. The molecular weight excluding hydrogens is 341 g/mol. The summed E-state index contributed by atoms with van der Waals surface area (Å²) in [7, 11) is 1.00. The molecule has 1 rings (SSSR count). The summed E-state index contributed by atoms with van der Waals surface area (Å²) >= 11 is 0. The first kappa shape index (κ1) is 20.7. The van der Waals surface area contributed by atoms with Gasteiger partial charge in [-0.2, -0.15) is 30.7 Å². The standard InChI is InChI=1S/C16H19F7O/c1-3-4-7-11-8-5-6-9-12(11)13(24-2)10-14(17,18)15(19,20)16(21,22)23/h5-6,8-9,13H,3-4,7,10H2,1-2H3. The molecule has 1 atom stereocenters. The Balaban J connectivity index is 3.11. The number of aryl methyl sites for hydroxylation is 1. The summed E-state index contributed by atoms with van der Waals surface area (Å²) in [4.78, 5) is 0. The molecular formula is C16H19F7O. The number of halogens is 7. The van der Waals surface area contributed by atoms with E-state index in [1.165, 1.54) is 12.1 Å². The monoisotopic (exact) mass is 360 g/mol. The highest BCUT2D eigenvalue weighted by atomic mass is 19.4. The Labute approximate surface area is 135 Å². The summed E-state index contributed by atoms with van der Waals surface area (Å²) in [6.07, 6.45) is -7.64. The predicted octanol–water partition coefficient (Wildman–Crippen LogP) is 5.94. The van der Waals surface area contributed by atoms with E-state index in [0.29, 0.717) is 12.0 Å². The molecule has 0 saturated carbocycles. The Morgan fingerprint density at radius 2 is 1.58 bits per heavy atom. The Morgan fingerprint density at radius 3 is 2.08 bits per heavy atom. The number of alkyl halides is 7. The first-order valence-electron chi connectivity index (χ1n) is 7.41. The molecule has 8 heteroatoms. The Kier molecular flexibility index (Phi) is 6.67. The van der Waals surface area contributed by atoms with E-state index in [4.69, 9.17) is 4.74 Å². The van der Waals surface area contributed by atoms with Crippen LogP contribution in [0.5, 0.6) is 0 Å². The minimum Gasteiger partial charge on any atom is -0.377 e. The fourth-order valence-corrected chi connectivity index (χ4v) is 2.33. The number of hydrogen-bond acceptors (Lipinski definition) is 1. The lowest BCUT2D eigenvalue weighted by Crippen LogP contribution is -2.52. The second-order valence-electron chi connectivity index (χ2n) is 5.51. The van der Waals surface area contributed by atoms with E-state index in [0.717, 1.165) is 20.0 Å². The maximum Gasteiger partial charge on any atom is 0.459 e. The molecule has 0 saturated heterocycles. The quantitative estimate of drug-likeness (QED) is 0.521. The van der Waals surface area contributed by atoms with Crippen molar-refractivity contribution in [2.75, 3.05) is 7.11 Å². The topological polar surface area (TPSA) is 9.23 Å². The van der Waals surface area contributed by atoms with Gasteiger partial charge in [-0.05, 0) is 24.0 Å². The van der Waals surface area contributed by atoms with Gasteiger partial charge in [0.05, 0.1) is 6.10 Å². The molecule has 0 aromatic heterocycles. The summed E-state index contributed by atoms with van der Waals surface area (Å²) in [5.74, 6) is -11.4. The Hall–Kier alpha value is -1.31. The number of benzene rings is 1. The lowest BCUT2D eigenvalue weighted by molar-refractivity contribution is -0.358. The lowest BCUT2D eigenvalue weighted by Gasteiger charge is -2.31. The van der Waals surface area contributed by atoms with E-state index >= 15 is 0 Å². The van der Waals surface area contributed by atoms with Crippen LogP contribution in [0.1, 0.15) is 43.4 Å². The SMILES string of the molecule is CCCCc1ccccc1C(CC(F)(F)C(F)(F)C(F)(F)F)OC. The Bertz CT molecular complexity index is 525. The first-order valence-corrected chi connectivity index (χ1v) is 7.41. The number of ether oxygens (including phenoxy) is 1. The molecule has 0 radical (unpaired) electrons. The van der Waals surface area contributed by atoms with Crippen molar-refractivity contribution in [1.29, 1.82) is 0 Å². The van der Waals surface area contributed by atoms with Gasteiger partial charge in [-0.15, -0.1) is 0 Å². The van der Waals surface area contributed by atoms with Crippen molar-refractivity contribution in [2.24, 2.45) is 0 Å². The fourth-order valence-electron chi connectivity index (χ4n) is 2.33. The number of hydrogen-bond donors (Lipinski definition) is 0. The molecule has 138 valence electrons. The summed E-state index contributed by atoms with van der Waals surface area (Å²) in [6.45, 7) is 1.91. The molecule has 0 aliphatic rings. The van der Waals surface area contributed by atoms with Gasteiger partial charge in [0.25, 0.3) is 0 Å². The molecule has 1 aromatic rings. The molecule has 0 amide bonds. The van der Waals surface area contributed by atoms with Gasteiger partial charge in [0.2, 0.25) is 0 Å². The van der Waals surface area contributed by atoms with Gasteiger partial charge < -0.3 is 4.74 Å². The van der Waals surface area contributed by atoms with Gasteiger partial charge in [0.15, 0.2) is 0 Å². The third-order valence-corrected chi connectivity index (χ3v) is 3.74. The highest BCUT2D eigenvalue weighted by Gasteiger charge is 2.73. The van der Waals surface area contributed by atoms with Crippen LogP contribution in [-0.4, -0.2) is 25.1 Å². The minimum absolute atomic E-state index is 0.200. The second-order valence-corrected chi connectivity index (χ2v) is 5.51. The molecule has 1 unspecified atom stereocenters. The van der Waals surface area contributed by atoms with Crippen LogP contribution in [-0.2, 0) is 11.2 Å². The third-order valence-electron chi connectivity index (χ3n) is 3.74. The zero-order chi connectivity index (χ0) is 18.6. The maximum absolute atomic E-state index is 13.7. The van der Waals surface area contributed by atoms with Crippen LogP contribution in [0, 0.1) is 0 Å². The van der Waals surface area contributed by atoms with Crippen LogP contribution < -0.4 is 0 Å². The van der Waals surface area contributed by atoms with E-state index in [9.17, 15) is 30.7 Å². The van der Waals surface area contributed by atoms with Crippen LogP contribution in [0.15, 0.2) is 24.3 Å². The average molecular weight is 360 g/mol. The first-order chi connectivity index (χ1) is 11.0. The van der Waals surface area contributed by atoms with Gasteiger partial charge in [-0.3, -0.25) is 0 Å². The van der Waals surface area contributed by atoms with Crippen LogP contribution in [0.4, 0.5) is 30.7 Å². The molecule has 0 fully saturated rings. The van der Waals surface area contributed by atoms with Gasteiger partial charge in [0.1, 0.15) is 0 Å². The van der Waals surface area contributed by atoms with Gasteiger partial charge >= 0.3 is 18.0 Å². The number of rotatable bonds is 8.